The first kappa shape index (κ1) is 11.1. The van der Waals surface area contributed by atoms with Gasteiger partial charge < -0.3 is 17.7 Å². The monoisotopic (exact) mass is 209 g/mol. The van der Waals surface area contributed by atoms with Crippen molar-refractivity contribution in [2.24, 2.45) is 5.41 Å². The molecule has 0 N–H and O–H groups in total. The molecule has 80 valence electrons. The third-order valence-electron chi connectivity index (χ3n) is 2.31. The fraction of sp³-hybridized carbons (Fsp3) is 0.714. The molecule has 1 aliphatic carbocycles. The number of ketones is 1. The van der Waals surface area contributed by atoms with Gasteiger partial charge in [0.25, 0.3) is 0 Å². The van der Waals surface area contributed by atoms with Gasteiger partial charge in [-0.05, 0) is 0 Å². The molecule has 0 amide bonds. The van der Waals surface area contributed by atoms with Gasteiger partial charge in [-0.15, -0.1) is 0 Å². The van der Waals surface area contributed by atoms with Gasteiger partial charge in [-0.25, -0.2) is 0 Å². The molecule has 0 aromatic rings. The zero-order chi connectivity index (χ0) is 11.0. The normalized spacial score (nSPS) is 20.1. The Labute approximate surface area is 78.7 Å². The highest BCUT2D eigenvalue weighted by Gasteiger charge is 2.53. The first-order valence-electron chi connectivity index (χ1n) is 4.10. The summed E-state index contributed by atoms with van der Waals surface area (Å²) in [5.74, 6) is -1.26. The van der Waals surface area contributed by atoms with Crippen molar-refractivity contribution in [3.05, 3.63) is 0 Å². The van der Waals surface area contributed by atoms with Crippen LogP contribution < -0.4 is 0 Å². The molecule has 7 heteroatoms. The lowest BCUT2D eigenvalue weighted by molar-refractivity contribution is -0.162. The van der Waals surface area contributed by atoms with Crippen LogP contribution in [0.1, 0.15) is 12.8 Å². The number of rotatable bonds is 3. The lowest BCUT2D eigenvalue weighted by Crippen LogP contribution is -2.48. The molecule has 0 atom stereocenters. The van der Waals surface area contributed by atoms with Crippen LogP contribution in [0.3, 0.4) is 0 Å². The zero-order valence-corrected chi connectivity index (χ0v) is 7.56. The van der Waals surface area contributed by atoms with Crippen LogP contribution in [0.2, 0.25) is 6.32 Å². The third kappa shape index (κ3) is 2.08. The van der Waals surface area contributed by atoms with Crippen molar-refractivity contribution in [3.8, 4) is 0 Å². The molecule has 14 heavy (non-hydrogen) atoms. The molecule has 1 rings (SSSR count). The first-order valence-corrected chi connectivity index (χ1v) is 4.10. The molecular weight excluding hydrogens is 200 g/mol. The maximum Gasteiger partial charge on any atom is 0.479 e. The molecule has 0 aromatic carbocycles. The van der Waals surface area contributed by atoms with Crippen molar-refractivity contribution in [2.45, 2.75) is 19.2 Å². The Hall–Kier alpha value is -1.01. The van der Waals surface area contributed by atoms with Gasteiger partial charge in [0.1, 0.15) is 5.78 Å². The number of methoxy groups -OCH3 is 1. The van der Waals surface area contributed by atoms with E-state index in [1.54, 1.807) is 0 Å². The molecule has 0 saturated heterocycles. The Morgan fingerprint density at radius 2 is 2.00 bits per heavy atom. The Balaban J connectivity index is 2.75. The number of carbonyl (C=O) groups excluding carboxylic acids is 2. The Morgan fingerprint density at radius 3 is 2.29 bits per heavy atom. The van der Waals surface area contributed by atoms with Crippen molar-refractivity contribution in [3.63, 3.8) is 0 Å². The van der Waals surface area contributed by atoms with Crippen molar-refractivity contribution in [1.29, 1.82) is 0 Å². The van der Waals surface area contributed by atoms with Gasteiger partial charge >= 0.3 is 12.9 Å². The third-order valence-corrected chi connectivity index (χ3v) is 2.31. The van der Waals surface area contributed by atoms with E-state index < -0.39 is 24.7 Å². The second-order valence-electron chi connectivity index (χ2n) is 3.58. The highest BCUT2D eigenvalue weighted by Crippen LogP contribution is 2.46. The van der Waals surface area contributed by atoms with E-state index in [1.807, 2.05) is 0 Å². The van der Waals surface area contributed by atoms with Crippen molar-refractivity contribution in [2.75, 3.05) is 7.11 Å². The second kappa shape index (κ2) is 3.29. The molecule has 1 saturated carbocycles. The number of Topliss-reactive ketones (excluding diaryl/α,β-unsaturated/α-hetero) is 1. The number of hydrogen-bond acceptors (Lipinski definition) is 3. The van der Waals surface area contributed by atoms with Crippen LogP contribution in [0.5, 0.6) is 0 Å². The van der Waals surface area contributed by atoms with Crippen molar-refractivity contribution in [1.82, 2.24) is 0 Å². The quantitative estimate of drug-likeness (QED) is 0.520. The number of halogens is 3. The maximum atomic E-state index is 12.1. The first-order chi connectivity index (χ1) is 6.29. The molecule has 1 fully saturated rings. The van der Waals surface area contributed by atoms with Crippen LogP contribution in [0.4, 0.5) is 12.9 Å². The van der Waals surface area contributed by atoms with Gasteiger partial charge in [0, 0.05) is 12.8 Å². The molecule has 3 nitrogen and oxygen atoms in total. The molecule has 0 bridgehead atoms. The summed E-state index contributed by atoms with van der Waals surface area (Å²) in [5.41, 5.74) is -1.62. The van der Waals surface area contributed by atoms with Gasteiger partial charge in [0.05, 0.1) is 12.5 Å². The molecule has 0 aromatic heterocycles. The lowest BCUT2D eigenvalue weighted by atomic mass is 9.57. The van der Waals surface area contributed by atoms with Crippen LogP contribution in [-0.4, -0.2) is 25.8 Å². The molecule has 0 aliphatic heterocycles. The number of carbonyl (C=O) groups is 2. The minimum Gasteiger partial charge on any atom is -0.469 e. The SMILES string of the molecule is COC(=O)C1(C[B-](F)(F)F)CC(=O)C1. The second-order valence-corrected chi connectivity index (χ2v) is 3.58. The summed E-state index contributed by atoms with van der Waals surface area (Å²) in [7, 11) is 1.02. The molecule has 0 unspecified atom stereocenters. The number of ether oxygens (including phenoxy) is 1. The smallest absolute Gasteiger partial charge is 0.469 e. The van der Waals surface area contributed by atoms with Crippen LogP contribution in [0.15, 0.2) is 0 Å². The number of hydrogen-bond donors (Lipinski definition) is 0. The summed E-state index contributed by atoms with van der Waals surface area (Å²) in [6.07, 6.45) is -1.91. The van der Waals surface area contributed by atoms with Gasteiger partial charge in [-0.1, -0.05) is 6.32 Å². The summed E-state index contributed by atoms with van der Waals surface area (Å²) in [6, 6.07) is 0. The average molecular weight is 209 g/mol. The topological polar surface area (TPSA) is 43.4 Å². The standard InChI is InChI=1S/C7H9BF3O3/c1-14-6(13)7(2-5(12)3-7)4-8(9,10)11/h2-4H2,1H3/q-1. The van der Waals surface area contributed by atoms with Crippen molar-refractivity contribution < 1.29 is 27.3 Å². The molecule has 0 radical (unpaired) electrons. The van der Waals surface area contributed by atoms with E-state index >= 15 is 0 Å². The Kier molecular flexibility index (Phi) is 2.60. The largest absolute Gasteiger partial charge is 0.479 e. The van der Waals surface area contributed by atoms with Crippen LogP contribution in [0.25, 0.3) is 0 Å². The summed E-state index contributed by atoms with van der Waals surface area (Å²) >= 11 is 0. The van der Waals surface area contributed by atoms with Crippen LogP contribution in [0, 0.1) is 5.41 Å². The van der Waals surface area contributed by atoms with Gasteiger partial charge in [-0.2, -0.15) is 0 Å². The van der Waals surface area contributed by atoms with E-state index in [-0.39, 0.29) is 18.6 Å². The highest BCUT2D eigenvalue weighted by molar-refractivity contribution is 6.59. The molecule has 0 heterocycles. The summed E-state index contributed by atoms with van der Waals surface area (Å²) in [4.78, 5) is 21.7. The van der Waals surface area contributed by atoms with E-state index in [4.69, 9.17) is 0 Å². The Morgan fingerprint density at radius 1 is 1.50 bits per heavy atom. The van der Waals surface area contributed by atoms with Gasteiger partial charge in [0.15, 0.2) is 0 Å². The van der Waals surface area contributed by atoms with E-state index in [9.17, 15) is 22.5 Å². The minimum atomic E-state index is -5.07. The highest BCUT2D eigenvalue weighted by atomic mass is 19.4. The molecule has 0 spiro atoms. The number of esters is 1. The van der Waals surface area contributed by atoms with Crippen LogP contribution in [-0.2, 0) is 14.3 Å². The average Bonchev–Trinajstić information content (AvgIpc) is 1.96. The molecule has 1 aliphatic rings. The van der Waals surface area contributed by atoms with Gasteiger partial charge in [0.2, 0.25) is 0 Å². The summed E-state index contributed by atoms with van der Waals surface area (Å²) in [5, 5.41) is 0. The van der Waals surface area contributed by atoms with Crippen LogP contribution >= 0.6 is 0 Å². The molecular formula is C7H9BF3O3-. The van der Waals surface area contributed by atoms with Gasteiger partial charge in [-0.3, -0.25) is 9.59 Å². The predicted octanol–water partition coefficient (Wildman–Crippen LogP) is 1.36. The summed E-state index contributed by atoms with van der Waals surface area (Å²) in [6.45, 7) is -5.07. The zero-order valence-electron chi connectivity index (χ0n) is 7.56. The predicted molar refractivity (Wildman–Crippen MR) is 42.6 cm³/mol. The summed E-state index contributed by atoms with van der Waals surface area (Å²) < 4.78 is 40.7. The fourth-order valence-corrected chi connectivity index (χ4v) is 1.73. The minimum absolute atomic E-state index is 0.324. The van der Waals surface area contributed by atoms with E-state index in [2.05, 4.69) is 4.74 Å². The maximum absolute atomic E-state index is 12.1. The van der Waals surface area contributed by atoms with E-state index in [0.29, 0.717) is 0 Å². The Bertz CT molecular complexity index is 266. The van der Waals surface area contributed by atoms with E-state index in [0.717, 1.165) is 7.11 Å². The lowest BCUT2D eigenvalue weighted by Gasteiger charge is -2.40. The van der Waals surface area contributed by atoms with Crippen molar-refractivity contribution >= 4 is 18.7 Å². The van der Waals surface area contributed by atoms with E-state index in [1.165, 1.54) is 0 Å². The fourth-order valence-electron chi connectivity index (χ4n) is 1.73.